The van der Waals surface area contributed by atoms with Crippen LogP contribution < -0.4 is 13.5 Å². The van der Waals surface area contributed by atoms with Crippen molar-refractivity contribution in [2.24, 2.45) is 7.05 Å². The Morgan fingerprint density at radius 3 is 2.58 bits per heavy atom. The zero-order valence-corrected chi connectivity index (χ0v) is 16.2. The van der Waals surface area contributed by atoms with E-state index in [0.29, 0.717) is 15.0 Å². The van der Waals surface area contributed by atoms with Crippen molar-refractivity contribution in [2.45, 2.75) is 26.2 Å². The van der Waals surface area contributed by atoms with E-state index in [9.17, 15) is 0 Å². The van der Waals surface area contributed by atoms with Gasteiger partial charge in [-0.2, -0.15) is 0 Å². The van der Waals surface area contributed by atoms with Gasteiger partial charge < -0.3 is 0 Å². The van der Waals surface area contributed by atoms with E-state index in [0.717, 1.165) is 0 Å². The Morgan fingerprint density at radius 2 is 1.79 bits per heavy atom. The second-order valence-electron chi connectivity index (χ2n) is 6.93. The molecule has 1 aromatic heterocycles. The predicted octanol–water partition coefficient (Wildman–Crippen LogP) is 2.18. The van der Waals surface area contributed by atoms with E-state index in [2.05, 4.69) is 79.8 Å². The van der Waals surface area contributed by atoms with Gasteiger partial charge in [-0.15, -0.1) is 0 Å². The fourth-order valence-corrected chi connectivity index (χ4v) is 6.97. The minimum absolute atomic E-state index is 0.0416. The van der Waals surface area contributed by atoms with Crippen molar-refractivity contribution in [1.82, 2.24) is 4.98 Å². The van der Waals surface area contributed by atoms with E-state index < -0.39 is 0 Å². The molecule has 0 bridgehead atoms. The first-order valence-electron chi connectivity index (χ1n) is 8.21. The fourth-order valence-electron chi connectivity index (χ4n) is 3.62. The van der Waals surface area contributed by atoms with Crippen LogP contribution in [0.1, 0.15) is 30.5 Å². The van der Waals surface area contributed by atoms with Crippen LogP contribution in [0.4, 0.5) is 0 Å². The molecule has 0 amide bonds. The number of hydrogen-bond donors (Lipinski definition) is 0. The van der Waals surface area contributed by atoms with E-state index in [-0.39, 0.29) is 5.41 Å². The van der Waals surface area contributed by atoms with Crippen LogP contribution in [-0.2, 0) is 12.5 Å². The second-order valence-corrected chi connectivity index (χ2v) is 9.14. The van der Waals surface area contributed by atoms with E-state index >= 15 is 0 Å². The van der Waals surface area contributed by atoms with Crippen LogP contribution in [0.3, 0.4) is 0 Å². The van der Waals surface area contributed by atoms with Gasteiger partial charge in [0.2, 0.25) is 0 Å². The molecule has 0 unspecified atom stereocenters. The fraction of sp³-hybridized carbons (Fsp3) is 0.238. The number of aryl methyl sites for hydroxylation is 2. The van der Waals surface area contributed by atoms with Gasteiger partial charge in [-0.25, -0.2) is 0 Å². The van der Waals surface area contributed by atoms with Gasteiger partial charge in [0.25, 0.3) is 0 Å². The van der Waals surface area contributed by atoms with Crippen molar-refractivity contribution in [2.75, 3.05) is 0 Å². The zero-order valence-electron chi connectivity index (χ0n) is 14.5. The molecule has 0 saturated carbocycles. The first-order chi connectivity index (χ1) is 11.5. The monoisotopic (exact) mass is 381 g/mol. The Labute approximate surface area is 149 Å². The molecule has 0 N–H and O–H groups in total. The Balaban J connectivity index is 2.03. The van der Waals surface area contributed by atoms with Gasteiger partial charge in [0, 0.05) is 0 Å². The molecule has 2 nitrogen and oxygen atoms in total. The summed E-state index contributed by atoms with van der Waals surface area (Å²) in [6.45, 7) is 6.93. The third-order valence-electron chi connectivity index (χ3n) is 5.01. The molecule has 2 aromatic carbocycles. The molecule has 0 fully saturated rings. The average Bonchev–Trinajstić information content (AvgIpc) is 2.56. The van der Waals surface area contributed by atoms with Crippen LogP contribution in [0.2, 0.25) is 0 Å². The summed E-state index contributed by atoms with van der Waals surface area (Å²) < 4.78 is 5.16. The van der Waals surface area contributed by atoms with E-state index in [1.807, 2.05) is 12.5 Å². The number of hydrogen-bond acceptors (Lipinski definition) is 1. The summed E-state index contributed by atoms with van der Waals surface area (Å²) in [6.07, 6.45) is 3.78. The Morgan fingerprint density at radius 1 is 1.00 bits per heavy atom. The second kappa shape index (κ2) is 5.54. The molecule has 1 aliphatic heterocycles. The summed E-state index contributed by atoms with van der Waals surface area (Å²) >= 11 is 0.319. The predicted molar refractivity (Wildman–Crippen MR) is 99.2 cm³/mol. The van der Waals surface area contributed by atoms with Crippen molar-refractivity contribution in [3.8, 4) is 11.3 Å². The van der Waals surface area contributed by atoms with Crippen LogP contribution in [0.25, 0.3) is 11.3 Å². The van der Waals surface area contributed by atoms with Crippen molar-refractivity contribution in [3.63, 3.8) is 0 Å². The van der Waals surface area contributed by atoms with E-state index in [4.69, 9.17) is 0 Å². The summed E-state index contributed by atoms with van der Waals surface area (Å²) in [5.74, 6) is 0. The summed E-state index contributed by atoms with van der Waals surface area (Å²) in [5.41, 5.74) is 6.97. The van der Waals surface area contributed by atoms with E-state index in [1.165, 1.54) is 36.9 Å². The Kier molecular flexibility index (Phi) is 3.59. The molecular formula is C21H21N2Se+. The SMILES string of the molecule is Cc1ccc2c(c1-c1ccnc[n+]1C)[Se]c1ccccc1C2(C)C. The maximum absolute atomic E-state index is 4.24. The Bertz CT molecular complexity index is 944. The summed E-state index contributed by atoms with van der Waals surface area (Å²) in [6, 6.07) is 15.7. The van der Waals surface area contributed by atoms with E-state index in [1.54, 1.807) is 0 Å². The number of fused-ring (bicyclic) bond motifs is 2. The van der Waals surface area contributed by atoms with Crippen LogP contribution in [0.15, 0.2) is 55.0 Å². The number of aromatic nitrogens is 2. The van der Waals surface area contributed by atoms with Gasteiger partial charge >= 0.3 is 150 Å². The molecule has 120 valence electrons. The molecule has 0 aliphatic carbocycles. The van der Waals surface area contributed by atoms with Crippen LogP contribution in [0.5, 0.6) is 0 Å². The van der Waals surface area contributed by atoms with Crippen LogP contribution in [-0.4, -0.2) is 19.9 Å². The van der Waals surface area contributed by atoms with Gasteiger partial charge in [-0.1, -0.05) is 0 Å². The quantitative estimate of drug-likeness (QED) is 0.467. The van der Waals surface area contributed by atoms with Gasteiger partial charge in [-0.3, -0.25) is 0 Å². The topological polar surface area (TPSA) is 16.8 Å². The average molecular weight is 380 g/mol. The molecule has 0 atom stereocenters. The number of nitrogens with zero attached hydrogens (tertiary/aromatic N) is 2. The standard InChI is InChI=1S/C21H21N2Se/c1-14-9-10-16-20(19(14)17-11-12-22-13-23(17)4)24-18-8-6-5-7-15(18)21(16,2)3/h5-13H,1-4H3/q+1. The first-order valence-corrected chi connectivity index (χ1v) is 9.93. The van der Waals surface area contributed by atoms with Crippen LogP contribution >= 0.6 is 0 Å². The van der Waals surface area contributed by atoms with Crippen molar-refractivity contribution < 1.29 is 4.57 Å². The Hall–Kier alpha value is -1.96. The van der Waals surface area contributed by atoms with Gasteiger partial charge in [0.05, 0.1) is 0 Å². The maximum atomic E-state index is 4.24. The molecule has 3 aromatic rings. The van der Waals surface area contributed by atoms with Crippen molar-refractivity contribution in [3.05, 3.63) is 71.7 Å². The summed E-state index contributed by atoms with van der Waals surface area (Å²) in [4.78, 5) is 4.24. The van der Waals surface area contributed by atoms with Crippen molar-refractivity contribution >= 4 is 23.9 Å². The minimum atomic E-state index is 0.0416. The third kappa shape index (κ3) is 2.23. The molecular weight excluding hydrogens is 359 g/mol. The van der Waals surface area contributed by atoms with Crippen LogP contribution in [0, 0.1) is 6.92 Å². The molecule has 0 spiro atoms. The molecule has 4 rings (SSSR count). The molecule has 0 radical (unpaired) electrons. The molecule has 2 heterocycles. The summed E-state index contributed by atoms with van der Waals surface area (Å²) in [7, 11) is 2.08. The third-order valence-corrected chi connectivity index (χ3v) is 7.53. The normalized spacial score (nSPS) is 14.8. The molecule has 3 heteroatoms. The van der Waals surface area contributed by atoms with Gasteiger partial charge in [0.15, 0.2) is 0 Å². The first kappa shape index (κ1) is 15.6. The van der Waals surface area contributed by atoms with Crippen molar-refractivity contribution in [1.29, 1.82) is 0 Å². The molecule has 0 saturated heterocycles. The zero-order chi connectivity index (χ0) is 16.9. The number of benzene rings is 2. The van der Waals surface area contributed by atoms with Gasteiger partial charge in [0.1, 0.15) is 0 Å². The number of rotatable bonds is 1. The summed E-state index contributed by atoms with van der Waals surface area (Å²) in [5, 5.41) is 0. The molecule has 1 aliphatic rings. The van der Waals surface area contributed by atoms with Gasteiger partial charge in [-0.05, 0) is 0 Å². The molecule has 24 heavy (non-hydrogen) atoms.